The lowest BCUT2D eigenvalue weighted by Gasteiger charge is -2.16. The summed E-state index contributed by atoms with van der Waals surface area (Å²) < 4.78 is 0. The van der Waals surface area contributed by atoms with Gasteiger partial charge in [-0.1, -0.05) is 11.6 Å². The van der Waals surface area contributed by atoms with E-state index in [9.17, 15) is 0 Å². The summed E-state index contributed by atoms with van der Waals surface area (Å²) in [6.45, 7) is 0. The number of hydrogen-bond donors (Lipinski definition) is 3. The number of rotatable bonds is 2. The molecule has 0 rings (SSSR count). The Kier molecular flexibility index (Phi) is 3.01. The van der Waals surface area contributed by atoms with E-state index in [-0.39, 0.29) is 5.88 Å². The van der Waals surface area contributed by atoms with E-state index in [1.165, 1.54) is 0 Å². The summed E-state index contributed by atoms with van der Waals surface area (Å²) >= 11 is 9.74. The van der Waals surface area contributed by atoms with E-state index in [0.717, 1.165) is 0 Å². The van der Waals surface area contributed by atoms with Crippen LogP contribution < -0.4 is 0 Å². The van der Waals surface area contributed by atoms with Gasteiger partial charge in [-0.05, 0) is 0 Å². The summed E-state index contributed by atoms with van der Waals surface area (Å²) in [4.78, 5) is 0. The molecule has 5 heteroatoms. The molecule has 0 radical (unpaired) electrons. The first kappa shape index (κ1) is 8.46. The zero-order valence-corrected chi connectivity index (χ0v) is 5.39. The van der Waals surface area contributed by atoms with E-state index in [4.69, 9.17) is 38.5 Å². The molecule has 8 heavy (non-hydrogen) atoms. The third-order valence-electron chi connectivity index (χ3n) is 0.570. The second-order valence-corrected chi connectivity index (χ2v) is 2.17. The molecule has 0 heterocycles. The normalized spacial score (nSPS) is 16.1. The molecule has 0 fully saturated rings. The standard InChI is InChI=1S/C3H6Cl2O3/c4-1-2(6)3(5,7)8/h2,6-8H,1H2. The van der Waals surface area contributed by atoms with Crippen molar-refractivity contribution in [2.75, 3.05) is 5.88 Å². The second-order valence-electron chi connectivity index (χ2n) is 1.31. The molecule has 0 aromatic carbocycles. The van der Waals surface area contributed by atoms with Gasteiger partial charge < -0.3 is 15.3 Å². The van der Waals surface area contributed by atoms with Gasteiger partial charge in [0.25, 0.3) is 5.25 Å². The SMILES string of the molecule is OC(CCl)C(O)(O)Cl. The van der Waals surface area contributed by atoms with Crippen molar-refractivity contribution in [2.24, 2.45) is 0 Å². The zero-order valence-electron chi connectivity index (χ0n) is 3.88. The lowest BCUT2D eigenvalue weighted by molar-refractivity contribution is -0.152. The molecule has 0 amide bonds. The van der Waals surface area contributed by atoms with Crippen molar-refractivity contribution in [1.82, 2.24) is 0 Å². The molecule has 0 aliphatic heterocycles. The lowest BCUT2D eigenvalue weighted by Crippen LogP contribution is -2.37. The fourth-order valence-electron chi connectivity index (χ4n) is 0.0982. The van der Waals surface area contributed by atoms with Gasteiger partial charge in [-0.3, -0.25) is 0 Å². The summed E-state index contributed by atoms with van der Waals surface area (Å²) in [6, 6.07) is 0. The van der Waals surface area contributed by atoms with E-state index in [2.05, 4.69) is 0 Å². The summed E-state index contributed by atoms with van der Waals surface area (Å²) in [5.41, 5.74) is 0. The monoisotopic (exact) mass is 160 g/mol. The third-order valence-corrected chi connectivity index (χ3v) is 1.11. The van der Waals surface area contributed by atoms with E-state index < -0.39 is 11.4 Å². The molecule has 1 atom stereocenters. The zero-order chi connectivity index (χ0) is 6.78. The van der Waals surface area contributed by atoms with Crippen LogP contribution in [0.5, 0.6) is 0 Å². The van der Waals surface area contributed by atoms with Crippen LogP contribution in [0, 0.1) is 0 Å². The van der Waals surface area contributed by atoms with Crippen molar-refractivity contribution in [3.05, 3.63) is 0 Å². The van der Waals surface area contributed by atoms with Crippen LogP contribution in [0.25, 0.3) is 0 Å². The van der Waals surface area contributed by atoms with Gasteiger partial charge in [0, 0.05) is 0 Å². The molecule has 0 aromatic heterocycles. The Morgan fingerprint density at radius 3 is 1.88 bits per heavy atom. The van der Waals surface area contributed by atoms with Crippen LogP contribution in [0.3, 0.4) is 0 Å². The Morgan fingerprint density at radius 2 is 1.88 bits per heavy atom. The molecule has 0 saturated heterocycles. The summed E-state index contributed by atoms with van der Waals surface area (Å²) in [5, 5.41) is 22.4. The van der Waals surface area contributed by atoms with Crippen molar-refractivity contribution in [1.29, 1.82) is 0 Å². The molecule has 0 aliphatic rings. The van der Waals surface area contributed by atoms with Gasteiger partial charge in [0.2, 0.25) is 0 Å². The minimum absolute atomic E-state index is 0.309. The largest absolute Gasteiger partial charge is 0.385 e. The number of hydrogen-bond acceptors (Lipinski definition) is 3. The van der Waals surface area contributed by atoms with Crippen molar-refractivity contribution in [3.8, 4) is 0 Å². The van der Waals surface area contributed by atoms with Crippen LogP contribution in [0.4, 0.5) is 0 Å². The Bertz CT molecular complexity index is 69.4. The van der Waals surface area contributed by atoms with Crippen LogP contribution in [0.15, 0.2) is 0 Å². The van der Waals surface area contributed by atoms with Crippen molar-refractivity contribution in [3.63, 3.8) is 0 Å². The van der Waals surface area contributed by atoms with Crippen LogP contribution in [0.1, 0.15) is 0 Å². The average molecular weight is 161 g/mol. The Balaban J connectivity index is 3.62. The lowest BCUT2D eigenvalue weighted by atomic mass is 10.4. The quantitative estimate of drug-likeness (QED) is 0.376. The van der Waals surface area contributed by atoms with Crippen molar-refractivity contribution < 1.29 is 15.3 Å². The molecule has 0 aromatic rings. The highest BCUT2D eigenvalue weighted by molar-refractivity contribution is 6.23. The van der Waals surface area contributed by atoms with Gasteiger partial charge in [-0.15, -0.1) is 11.6 Å². The molecule has 0 saturated carbocycles. The van der Waals surface area contributed by atoms with Gasteiger partial charge in [0.05, 0.1) is 5.88 Å². The first-order valence-corrected chi connectivity index (χ1v) is 2.77. The molecule has 50 valence electrons. The Labute approximate surface area is 56.5 Å². The fourth-order valence-corrected chi connectivity index (χ4v) is 0.469. The summed E-state index contributed by atoms with van der Waals surface area (Å²) in [5.74, 6) is -0.309. The van der Waals surface area contributed by atoms with Crippen LogP contribution in [0.2, 0.25) is 0 Å². The highest BCUT2D eigenvalue weighted by atomic mass is 35.5. The molecule has 0 bridgehead atoms. The van der Waals surface area contributed by atoms with E-state index in [0.29, 0.717) is 0 Å². The highest BCUT2D eigenvalue weighted by Crippen LogP contribution is 2.12. The smallest absolute Gasteiger partial charge is 0.271 e. The summed E-state index contributed by atoms with van der Waals surface area (Å²) in [7, 11) is 0. The average Bonchev–Trinajstić information content (AvgIpc) is 1.62. The molecule has 3 N–H and O–H groups in total. The van der Waals surface area contributed by atoms with E-state index in [1.807, 2.05) is 0 Å². The molecule has 0 aliphatic carbocycles. The second kappa shape index (κ2) is 2.85. The van der Waals surface area contributed by atoms with Crippen LogP contribution >= 0.6 is 23.2 Å². The predicted molar refractivity (Wildman–Crippen MR) is 29.7 cm³/mol. The number of aliphatic hydroxyl groups excluding tert-OH is 1. The molecular formula is C3H6Cl2O3. The van der Waals surface area contributed by atoms with Crippen molar-refractivity contribution in [2.45, 2.75) is 11.4 Å². The number of aliphatic hydroxyl groups is 3. The maximum atomic E-state index is 8.43. The van der Waals surface area contributed by atoms with Gasteiger partial charge in [0.1, 0.15) is 6.10 Å². The van der Waals surface area contributed by atoms with Gasteiger partial charge in [0.15, 0.2) is 0 Å². The third kappa shape index (κ3) is 2.69. The maximum Gasteiger partial charge on any atom is 0.271 e. The highest BCUT2D eigenvalue weighted by Gasteiger charge is 2.28. The molecule has 3 nitrogen and oxygen atoms in total. The topological polar surface area (TPSA) is 60.7 Å². The maximum absolute atomic E-state index is 8.43. The van der Waals surface area contributed by atoms with Gasteiger partial charge >= 0.3 is 0 Å². The fraction of sp³-hybridized carbons (Fsp3) is 1.00. The van der Waals surface area contributed by atoms with Crippen molar-refractivity contribution >= 4 is 23.2 Å². The predicted octanol–water partition coefficient (Wildman–Crippen LogP) is -0.537. The first-order chi connectivity index (χ1) is 3.48. The van der Waals surface area contributed by atoms with Crippen LogP contribution in [-0.2, 0) is 0 Å². The minimum Gasteiger partial charge on any atom is -0.385 e. The van der Waals surface area contributed by atoms with Gasteiger partial charge in [-0.2, -0.15) is 0 Å². The Morgan fingerprint density at radius 1 is 1.50 bits per heavy atom. The molecule has 0 spiro atoms. The van der Waals surface area contributed by atoms with E-state index in [1.54, 1.807) is 0 Å². The van der Waals surface area contributed by atoms with Gasteiger partial charge in [-0.25, -0.2) is 0 Å². The minimum atomic E-state index is -2.60. The molecular weight excluding hydrogens is 155 g/mol. The van der Waals surface area contributed by atoms with E-state index >= 15 is 0 Å². The summed E-state index contributed by atoms with van der Waals surface area (Å²) in [6.07, 6.45) is -1.51. The first-order valence-electron chi connectivity index (χ1n) is 1.86. The number of halogens is 2. The molecule has 1 unspecified atom stereocenters. The number of alkyl halides is 2. The van der Waals surface area contributed by atoms with Crippen LogP contribution in [-0.4, -0.2) is 32.5 Å². The Hall–Kier alpha value is 0.460.